The van der Waals surface area contributed by atoms with E-state index in [0.29, 0.717) is 6.04 Å². The van der Waals surface area contributed by atoms with Crippen LogP contribution in [0.1, 0.15) is 38.5 Å². The van der Waals surface area contributed by atoms with E-state index in [9.17, 15) is 0 Å². The minimum absolute atomic E-state index is 0.560. The molecule has 1 saturated carbocycles. The Morgan fingerprint density at radius 2 is 1.89 bits per heavy atom. The molecule has 2 aliphatic rings. The number of nitrogens with two attached hydrogens (primary N) is 1. The highest BCUT2D eigenvalue weighted by atomic mass is 16.5. The highest BCUT2D eigenvalue weighted by molar-refractivity contribution is 5.07. The lowest BCUT2D eigenvalue weighted by Gasteiger charge is -2.38. The van der Waals surface area contributed by atoms with E-state index in [0.717, 1.165) is 51.4 Å². The van der Waals surface area contributed by atoms with Crippen LogP contribution in [0.25, 0.3) is 0 Å². The van der Waals surface area contributed by atoms with Crippen LogP contribution in [0, 0.1) is 17.2 Å². The summed E-state index contributed by atoms with van der Waals surface area (Å²) in [5.41, 5.74) is 5.45. The Bertz CT molecular complexity index is 299. The molecular weight excluding hydrogens is 226 g/mol. The first-order valence-electron chi connectivity index (χ1n) is 7.11. The zero-order chi connectivity index (χ0) is 13.0. The summed E-state index contributed by atoms with van der Waals surface area (Å²) in [5.74, 6) is 0.782. The van der Waals surface area contributed by atoms with Gasteiger partial charge in [0.25, 0.3) is 0 Å². The molecule has 2 fully saturated rings. The molecule has 1 aliphatic carbocycles. The molecule has 0 spiro atoms. The summed E-state index contributed by atoms with van der Waals surface area (Å²) in [6.45, 7) is 3.01. The maximum atomic E-state index is 9.03. The second kappa shape index (κ2) is 6.01. The molecule has 4 heteroatoms. The van der Waals surface area contributed by atoms with Crippen molar-refractivity contribution in [2.75, 3.05) is 26.8 Å². The standard InChI is InChI=1S/C14H25N3O/c1-17(10-12-4-8-18-9-5-12)13-2-6-14(16,11-15)7-3-13/h12-13H,2-10,16H2,1H3. The lowest BCUT2D eigenvalue weighted by Crippen LogP contribution is -2.47. The quantitative estimate of drug-likeness (QED) is 0.826. The van der Waals surface area contributed by atoms with Crippen LogP contribution in [0.2, 0.25) is 0 Å². The third-order valence-corrected chi connectivity index (χ3v) is 4.58. The number of ether oxygens (including phenoxy) is 1. The van der Waals surface area contributed by atoms with Gasteiger partial charge in [0.15, 0.2) is 0 Å². The Labute approximate surface area is 110 Å². The number of hydrogen-bond donors (Lipinski definition) is 1. The van der Waals surface area contributed by atoms with Crippen LogP contribution in [0.3, 0.4) is 0 Å². The molecule has 0 amide bonds. The van der Waals surface area contributed by atoms with Crippen molar-refractivity contribution in [2.24, 2.45) is 11.7 Å². The van der Waals surface area contributed by atoms with Crippen LogP contribution >= 0.6 is 0 Å². The summed E-state index contributed by atoms with van der Waals surface area (Å²) in [6, 6.07) is 2.87. The van der Waals surface area contributed by atoms with Crippen molar-refractivity contribution >= 4 is 0 Å². The van der Waals surface area contributed by atoms with Gasteiger partial charge in [0, 0.05) is 25.8 Å². The van der Waals surface area contributed by atoms with Gasteiger partial charge in [-0.1, -0.05) is 0 Å². The molecule has 1 saturated heterocycles. The van der Waals surface area contributed by atoms with Gasteiger partial charge in [-0.15, -0.1) is 0 Å². The summed E-state index contributed by atoms with van der Waals surface area (Å²) in [5, 5.41) is 9.03. The maximum absolute atomic E-state index is 9.03. The van der Waals surface area contributed by atoms with Crippen molar-refractivity contribution in [3.63, 3.8) is 0 Å². The van der Waals surface area contributed by atoms with E-state index in [1.54, 1.807) is 0 Å². The van der Waals surface area contributed by atoms with Crippen LogP contribution in [0.5, 0.6) is 0 Å². The minimum atomic E-state index is -0.560. The van der Waals surface area contributed by atoms with Crippen molar-refractivity contribution in [3.05, 3.63) is 0 Å². The molecule has 0 radical (unpaired) electrons. The average Bonchev–Trinajstić information content (AvgIpc) is 2.40. The van der Waals surface area contributed by atoms with Gasteiger partial charge in [0.05, 0.1) is 6.07 Å². The predicted octanol–water partition coefficient (Wildman–Crippen LogP) is 1.51. The molecule has 4 nitrogen and oxygen atoms in total. The van der Waals surface area contributed by atoms with Crippen LogP contribution in [-0.4, -0.2) is 43.3 Å². The summed E-state index contributed by atoms with van der Waals surface area (Å²) in [6.07, 6.45) is 6.18. The van der Waals surface area contributed by atoms with Gasteiger partial charge in [-0.2, -0.15) is 5.26 Å². The highest BCUT2D eigenvalue weighted by Gasteiger charge is 2.33. The Kier molecular flexibility index (Phi) is 4.60. The van der Waals surface area contributed by atoms with E-state index in [1.807, 2.05) is 0 Å². The fourth-order valence-corrected chi connectivity index (χ4v) is 3.16. The van der Waals surface area contributed by atoms with Gasteiger partial charge in [-0.05, 0) is 51.5 Å². The van der Waals surface area contributed by atoms with Crippen LogP contribution in [0.4, 0.5) is 0 Å². The Hall–Kier alpha value is -0.630. The molecule has 0 aromatic rings. The van der Waals surface area contributed by atoms with E-state index < -0.39 is 5.54 Å². The van der Waals surface area contributed by atoms with Crippen molar-refractivity contribution in [3.8, 4) is 6.07 Å². The molecule has 18 heavy (non-hydrogen) atoms. The molecule has 0 aromatic carbocycles. The van der Waals surface area contributed by atoms with Crippen molar-refractivity contribution in [1.29, 1.82) is 5.26 Å². The SMILES string of the molecule is CN(CC1CCOCC1)C1CCC(N)(C#N)CC1. The number of nitrogens with zero attached hydrogens (tertiary/aromatic N) is 2. The van der Waals surface area contributed by atoms with Crippen LogP contribution < -0.4 is 5.73 Å². The highest BCUT2D eigenvalue weighted by Crippen LogP contribution is 2.29. The molecule has 0 unspecified atom stereocenters. The van der Waals surface area contributed by atoms with Gasteiger partial charge in [-0.3, -0.25) is 0 Å². The third kappa shape index (κ3) is 3.44. The number of rotatable bonds is 3. The summed E-state index contributed by atoms with van der Waals surface area (Å²) in [4.78, 5) is 2.48. The number of hydrogen-bond acceptors (Lipinski definition) is 4. The van der Waals surface area contributed by atoms with E-state index in [2.05, 4.69) is 18.0 Å². The Morgan fingerprint density at radius 1 is 1.28 bits per heavy atom. The fourth-order valence-electron chi connectivity index (χ4n) is 3.16. The Morgan fingerprint density at radius 3 is 2.44 bits per heavy atom. The third-order valence-electron chi connectivity index (χ3n) is 4.58. The van der Waals surface area contributed by atoms with Crippen molar-refractivity contribution < 1.29 is 4.74 Å². The van der Waals surface area contributed by atoms with Crippen LogP contribution in [-0.2, 0) is 4.74 Å². The van der Waals surface area contributed by atoms with Gasteiger partial charge >= 0.3 is 0 Å². The second-order valence-electron chi connectivity index (χ2n) is 5.99. The zero-order valence-corrected chi connectivity index (χ0v) is 11.4. The second-order valence-corrected chi connectivity index (χ2v) is 5.99. The topological polar surface area (TPSA) is 62.3 Å². The van der Waals surface area contributed by atoms with Gasteiger partial charge < -0.3 is 15.4 Å². The summed E-state index contributed by atoms with van der Waals surface area (Å²) >= 11 is 0. The van der Waals surface area contributed by atoms with E-state index in [4.69, 9.17) is 15.7 Å². The first-order chi connectivity index (χ1) is 8.63. The maximum Gasteiger partial charge on any atom is 0.104 e. The molecule has 0 aromatic heterocycles. The van der Waals surface area contributed by atoms with Crippen LogP contribution in [0.15, 0.2) is 0 Å². The molecule has 0 atom stereocenters. The smallest absolute Gasteiger partial charge is 0.104 e. The summed E-state index contributed by atoms with van der Waals surface area (Å²) in [7, 11) is 2.22. The molecule has 1 aliphatic heterocycles. The molecule has 1 heterocycles. The monoisotopic (exact) mass is 251 g/mol. The average molecular weight is 251 g/mol. The lowest BCUT2D eigenvalue weighted by molar-refractivity contribution is 0.0458. The molecule has 0 bridgehead atoms. The van der Waals surface area contributed by atoms with Gasteiger partial charge in [-0.25, -0.2) is 0 Å². The fraction of sp³-hybridized carbons (Fsp3) is 0.929. The minimum Gasteiger partial charge on any atom is -0.381 e. The molecular formula is C14H25N3O. The summed E-state index contributed by atoms with van der Waals surface area (Å²) < 4.78 is 5.40. The zero-order valence-electron chi connectivity index (χ0n) is 11.4. The largest absolute Gasteiger partial charge is 0.381 e. The molecule has 2 N–H and O–H groups in total. The predicted molar refractivity (Wildman–Crippen MR) is 71.0 cm³/mol. The normalized spacial score (nSPS) is 34.4. The van der Waals surface area contributed by atoms with E-state index in [-0.39, 0.29) is 0 Å². The van der Waals surface area contributed by atoms with Crippen molar-refractivity contribution in [2.45, 2.75) is 50.1 Å². The van der Waals surface area contributed by atoms with E-state index >= 15 is 0 Å². The number of nitriles is 1. The lowest BCUT2D eigenvalue weighted by atomic mass is 9.80. The van der Waals surface area contributed by atoms with Gasteiger partial charge in [0.1, 0.15) is 5.54 Å². The molecule has 2 rings (SSSR count). The van der Waals surface area contributed by atoms with Crippen molar-refractivity contribution in [1.82, 2.24) is 4.90 Å². The van der Waals surface area contributed by atoms with E-state index in [1.165, 1.54) is 12.8 Å². The molecule has 102 valence electrons. The van der Waals surface area contributed by atoms with Gasteiger partial charge in [0.2, 0.25) is 0 Å². The Balaban J connectivity index is 1.77. The first-order valence-corrected chi connectivity index (χ1v) is 7.11. The first kappa shape index (κ1) is 13.8.